The average Bonchev–Trinajstić information content (AvgIpc) is 2.48. The number of amidine groups is 1. The molecule has 20 heavy (non-hydrogen) atoms. The number of hydrogen-bond acceptors (Lipinski definition) is 3. The van der Waals surface area contributed by atoms with Gasteiger partial charge in [-0.2, -0.15) is 0 Å². The molecule has 0 saturated carbocycles. The fraction of sp³-hybridized carbons (Fsp3) is 0.0714. The van der Waals surface area contributed by atoms with Gasteiger partial charge in [-0.1, -0.05) is 29.4 Å². The maximum Gasteiger partial charge on any atom is 0.170 e. The van der Waals surface area contributed by atoms with Gasteiger partial charge >= 0.3 is 0 Å². The van der Waals surface area contributed by atoms with Crippen molar-refractivity contribution >= 4 is 11.5 Å². The predicted octanol–water partition coefficient (Wildman–Crippen LogP) is 2.67. The second kappa shape index (κ2) is 6.01. The van der Waals surface area contributed by atoms with Gasteiger partial charge in [0.2, 0.25) is 0 Å². The largest absolute Gasteiger partial charge is 0.409 e. The first kappa shape index (κ1) is 13.8. The first-order chi connectivity index (χ1) is 9.60. The Balaban J connectivity index is 2.06. The van der Waals surface area contributed by atoms with Crippen molar-refractivity contribution in [3.05, 3.63) is 65.2 Å². The van der Waals surface area contributed by atoms with Crippen LogP contribution in [-0.4, -0.2) is 11.0 Å². The highest BCUT2D eigenvalue weighted by Gasteiger charge is 2.04. The molecule has 0 aromatic heterocycles. The van der Waals surface area contributed by atoms with E-state index in [0.29, 0.717) is 12.1 Å². The third kappa shape index (κ3) is 3.23. The highest BCUT2D eigenvalue weighted by atomic mass is 19.1. The summed E-state index contributed by atoms with van der Waals surface area (Å²) >= 11 is 0. The molecule has 0 bridgehead atoms. The van der Waals surface area contributed by atoms with Gasteiger partial charge in [0.15, 0.2) is 5.84 Å². The molecule has 104 valence electrons. The molecule has 0 spiro atoms. The molecule has 6 heteroatoms. The van der Waals surface area contributed by atoms with Crippen LogP contribution in [-0.2, 0) is 6.54 Å². The minimum absolute atomic E-state index is 0.0145. The highest BCUT2D eigenvalue weighted by Crippen LogP contribution is 2.16. The summed E-state index contributed by atoms with van der Waals surface area (Å²) in [4.78, 5) is 0. The fourth-order valence-corrected chi connectivity index (χ4v) is 1.68. The van der Waals surface area contributed by atoms with E-state index in [0.717, 1.165) is 23.8 Å². The first-order valence-corrected chi connectivity index (χ1v) is 5.86. The normalized spacial score (nSPS) is 11.4. The lowest BCUT2D eigenvalue weighted by Crippen LogP contribution is -2.13. The molecule has 2 rings (SSSR count). The molecule has 0 aliphatic rings. The Morgan fingerprint density at radius 1 is 1.15 bits per heavy atom. The summed E-state index contributed by atoms with van der Waals surface area (Å²) in [6.45, 7) is 0.330. The second-order valence-electron chi connectivity index (χ2n) is 4.16. The summed E-state index contributed by atoms with van der Waals surface area (Å²) in [6, 6.07) is 10.1. The smallest absolute Gasteiger partial charge is 0.170 e. The van der Waals surface area contributed by atoms with Gasteiger partial charge in [-0.3, -0.25) is 0 Å². The zero-order valence-corrected chi connectivity index (χ0v) is 10.5. The van der Waals surface area contributed by atoms with Crippen molar-refractivity contribution in [2.45, 2.75) is 6.54 Å². The molecule has 0 aliphatic carbocycles. The van der Waals surface area contributed by atoms with Crippen molar-refractivity contribution in [3.8, 4) is 0 Å². The number of nitrogens with two attached hydrogens (primary N) is 1. The molecule has 0 amide bonds. The van der Waals surface area contributed by atoms with Crippen LogP contribution in [0.25, 0.3) is 0 Å². The summed E-state index contributed by atoms with van der Waals surface area (Å²) in [7, 11) is 0. The van der Waals surface area contributed by atoms with E-state index in [1.165, 1.54) is 0 Å². The van der Waals surface area contributed by atoms with E-state index in [9.17, 15) is 8.78 Å². The van der Waals surface area contributed by atoms with Crippen LogP contribution in [0.15, 0.2) is 47.6 Å². The molecule has 0 saturated heterocycles. The summed E-state index contributed by atoms with van der Waals surface area (Å²) in [5.41, 5.74) is 6.97. The molecule has 0 heterocycles. The van der Waals surface area contributed by atoms with Gasteiger partial charge in [-0.05, 0) is 23.8 Å². The minimum Gasteiger partial charge on any atom is -0.409 e. The summed E-state index contributed by atoms with van der Waals surface area (Å²) in [5, 5.41) is 14.2. The topological polar surface area (TPSA) is 70.6 Å². The van der Waals surface area contributed by atoms with Crippen LogP contribution in [0.5, 0.6) is 0 Å². The second-order valence-corrected chi connectivity index (χ2v) is 4.16. The summed E-state index contributed by atoms with van der Waals surface area (Å²) < 4.78 is 26.4. The number of nitrogens with one attached hydrogen (secondary N) is 1. The maximum atomic E-state index is 13.4. The van der Waals surface area contributed by atoms with E-state index in [2.05, 4.69) is 10.5 Å². The fourth-order valence-electron chi connectivity index (χ4n) is 1.68. The monoisotopic (exact) mass is 277 g/mol. The molecule has 0 atom stereocenters. The molecule has 2 aromatic rings. The van der Waals surface area contributed by atoms with Gasteiger partial charge in [0.1, 0.15) is 11.6 Å². The van der Waals surface area contributed by atoms with Crippen molar-refractivity contribution in [3.63, 3.8) is 0 Å². The number of nitrogens with zero attached hydrogens (tertiary/aromatic N) is 1. The van der Waals surface area contributed by atoms with Crippen LogP contribution in [0.4, 0.5) is 14.5 Å². The molecular weight excluding hydrogens is 264 g/mol. The average molecular weight is 277 g/mol. The van der Waals surface area contributed by atoms with Gasteiger partial charge in [-0.25, -0.2) is 8.78 Å². The van der Waals surface area contributed by atoms with Crippen molar-refractivity contribution in [2.75, 3.05) is 5.32 Å². The summed E-state index contributed by atoms with van der Waals surface area (Å²) in [6.07, 6.45) is 0. The molecule has 0 unspecified atom stereocenters. The van der Waals surface area contributed by atoms with Gasteiger partial charge in [0.05, 0.1) is 5.69 Å². The van der Waals surface area contributed by atoms with Crippen LogP contribution >= 0.6 is 0 Å². The Hall–Kier alpha value is -2.63. The Morgan fingerprint density at radius 3 is 2.50 bits per heavy atom. The molecule has 0 fully saturated rings. The maximum absolute atomic E-state index is 13.4. The number of hydrogen-bond donors (Lipinski definition) is 3. The Bertz CT molecular complexity index is 627. The van der Waals surface area contributed by atoms with E-state index in [1.54, 1.807) is 24.3 Å². The predicted molar refractivity (Wildman–Crippen MR) is 72.6 cm³/mol. The highest BCUT2D eigenvalue weighted by molar-refractivity contribution is 5.96. The standard InChI is InChI=1S/C14H13F2N3O/c15-11-5-6-12(16)13(7-11)18-8-9-1-3-10(4-2-9)14(17)19-20/h1-7,18,20H,8H2,(H2,17,19). The third-order valence-corrected chi connectivity index (χ3v) is 2.77. The molecule has 4 nitrogen and oxygen atoms in total. The number of halogens is 2. The SMILES string of the molecule is NC(=NO)c1ccc(CNc2cc(F)ccc2F)cc1. The van der Waals surface area contributed by atoms with E-state index >= 15 is 0 Å². The minimum atomic E-state index is -0.514. The van der Waals surface area contributed by atoms with E-state index in [1.807, 2.05) is 0 Å². The van der Waals surface area contributed by atoms with Gasteiger partial charge in [0, 0.05) is 12.1 Å². The quantitative estimate of drug-likeness (QED) is 0.348. The van der Waals surface area contributed by atoms with Gasteiger partial charge in [0.25, 0.3) is 0 Å². The van der Waals surface area contributed by atoms with E-state index in [-0.39, 0.29) is 11.5 Å². The Kier molecular flexibility index (Phi) is 4.14. The lowest BCUT2D eigenvalue weighted by molar-refractivity contribution is 0.318. The summed E-state index contributed by atoms with van der Waals surface area (Å²) in [5.74, 6) is -1.00. The van der Waals surface area contributed by atoms with Crippen LogP contribution in [0.2, 0.25) is 0 Å². The van der Waals surface area contributed by atoms with Crippen LogP contribution < -0.4 is 11.1 Å². The zero-order valence-electron chi connectivity index (χ0n) is 10.5. The van der Waals surface area contributed by atoms with Gasteiger partial charge in [-0.15, -0.1) is 0 Å². The molecule has 4 N–H and O–H groups in total. The van der Waals surface area contributed by atoms with Gasteiger partial charge < -0.3 is 16.3 Å². The number of benzene rings is 2. The Labute approximate surface area is 114 Å². The Morgan fingerprint density at radius 2 is 1.85 bits per heavy atom. The lowest BCUT2D eigenvalue weighted by Gasteiger charge is -2.08. The third-order valence-electron chi connectivity index (χ3n) is 2.77. The number of rotatable bonds is 4. The molecule has 0 radical (unpaired) electrons. The zero-order chi connectivity index (χ0) is 14.5. The molecular formula is C14H13F2N3O. The van der Waals surface area contributed by atoms with Crippen molar-refractivity contribution in [2.24, 2.45) is 10.9 Å². The van der Waals surface area contributed by atoms with Crippen LogP contribution in [0, 0.1) is 11.6 Å². The van der Waals surface area contributed by atoms with E-state index < -0.39 is 11.6 Å². The van der Waals surface area contributed by atoms with Crippen LogP contribution in [0.1, 0.15) is 11.1 Å². The first-order valence-electron chi connectivity index (χ1n) is 5.86. The van der Waals surface area contributed by atoms with Crippen LogP contribution in [0.3, 0.4) is 0 Å². The van der Waals surface area contributed by atoms with Crippen molar-refractivity contribution < 1.29 is 14.0 Å². The number of anilines is 1. The number of oxime groups is 1. The molecule has 2 aromatic carbocycles. The molecule has 0 aliphatic heterocycles. The van der Waals surface area contributed by atoms with Crippen molar-refractivity contribution in [1.29, 1.82) is 0 Å². The lowest BCUT2D eigenvalue weighted by atomic mass is 10.1. The van der Waals surface area contributed by atoms with E-state index in [4.69, 9.17) is 10.9 Å². The van der Waals surface area contributed by atoms with Crippen molar-refractivity contribution in [1.82, 2.24) is 0 Å².